The highest BCUT2D eigenvalue weighted by molar-refractivity contribution is 7.91. The molecule has 0 aromatic rings. The lowest BCUT2D eigenvalue weighted by atomic mass is 9.94. The summed E-state index contributed by atoms with van der Waals surface area (Å²) < 4.78 is 22.8. The van der Waals surface area contributed by atoms with E-state index in [1.807, 2.05) is 0 Å². The predicted molar refractivity (Wildman–Crippen MR) is 64.1 cm³/mol. The maximum atomic E-state index is 11.4. The second-order valence-corrected chi connectivity index (χ2v) is 8.34. The summed E-state index contributed by atoms with van der Waals surface area (Å²) >= 11 is 0. The molecule has 4 heteroatoms. The van der Waals surface area contributed by atoms with Gasteiger partial charge in [0.05, 0.1) is 11.5 Å². The average Bonchev–Trinajstić information content (AvgIpc) is 2.85. The maximum Gasteiger partial charge on any atom is 0.150 e. The largest absolute Gasteiger partial charge is 0.302 e. The molecule has 2 aliphatic heterocycles. The monoisotopic (exact) mass is 243 g/mol. The van der Waals surface area contributed by atoms with Crippen LogP contribution < -0.4 is 0 Å². The van der Waals surface area contributed by atoms with E-state index >= 15 is 0 Å². The first-order chi connectivity index (χ1) is 7.57. The van der Waals surface area contributed by atoms with E-state index < -0.39 is 9.84 Å². The Hall–Kier alpha value is -0.0900. The second-order valence-electron chi connectivity index (χ2n) is 6.11. The van der Waals surface area contributed by atoms with E-state index in [0.29, 0.717) is 22.8 Å². The van der Waals surface area contributed by atoms with E-state index in [0.717, 1.165) is 13.0 Å². The van der Waals surface area contributed by atoms with Crippen LogP contribution in [0.25, 0.3) is 0 Å². The number of rotatable bonds is 2. The van der Waals surface area contributed by atoms with Gasteiger partial charge in [0.25, 0.3) is 0 Å². The summed E-state index contributed by atoms with van der Waals surface area (Å²) in [6.07, 6.45) is 6.44. The molecule has 92 valence electrons. The highest BCUT2D eigenvalue weighted by Crippen LogP contribution is 2.52. The van der Waals surface area contributed by atoms with Crippen LogP contribution in [0, 0.1) is 11.3 Å². The molecule has 3 fully saturated rings. The molecular formula is C12H21NO2S. The number of nitrogens with zero attached hydrogens (tertiary/aromatic N) is 1. The second kappa shape index (κ2) is 3.70. The first-order valence-corrected chi connectivity index (χ1v) is 8.32. The summed E-state index contributed by atoms with van der Waals surface area (Å²) in [5.74, 6) is 1.28. The van der Waals surface area contributed by atoms with Gasteiger partial charge in [0.15, 0.2) is 9.84 Å². The van der Waals surface area contributed by atoms with Crippen LogP contribution >= 0.6 is 0 Å². The van der Waals surface area contributed by atoms with Crippen LogP contribution in [0.4, 0.5) is 0 Å². The van der Waals surface area contributed by atoms with Crippen molar-refractivity contribution in [3.8, 4) is 0 Å². The summed E-state index contributed by atoms with van der Waals surface area (Å²) in [4.78, 5) is 2.53. The van der Waals surface area contributed by atoms with E-state index in [1.165, 1.54) is 38.8 Å². The van der Waals surface area contributed by atoms with Crippen molar-refractivity contribution < 1.29 is 8.42 Å². The van der Waals surface area contributed by atoms with Crippen LogP contribution in [0.5, 0.6) is 0 Å². The molecule has 1 saturated carbocycles. The summed E-state index contributed by atoms with van der Waals surface area (Å²) in [5, 5.41) is 0. The van der Waals surface area contributed by atoms with Crippen LogP contribution in [-0.4, -0.2) is 44.5 Å². The SMILES string of the molecule is O=S1(=O)CCC(CN2CCCC3(CC3)C2)C1. The van der Waals surface area contributed by atoms with E-state index in [9.17, 15) is 8.42 Å². The topological polar surface area (TPSA) is 37.4 Å². The molecule has 0 aromatic carbocycles. The molecule has 2 saturated heterocycles. The van der Waals surface area contributed by atoms with Gasteiger partial charge in [-0.15, -0.1) is 0 Å². The zero-order chi connectivity index (χ0) is 11.2. The van der Waals surface area contributed by atoms with Gasteiger partial charge in [0.2, 0.25) is 0 Å². The zero-order valence-electron chi connectivity index (χ0n) is 9.82. The lowest BCUT2D eigenvalue weighted by Crippen LogP contribution is -2.39. The molecule has 0 bridgehead atoms. The Morgan fingerprint density at radius 1 is 1.25 bits per heavy atom. The molecule has 2 heterocycles. The number of hydrogen-bond acceptors (Lipinski definition) is 3. The first kappa shape index (κ1) is 11.0. The van der Waals surface area contributed by atoms with Gasteiger partial charge in [0, 0.05) is 13.1 Å². The molecule has 1 aliphatic carbocycles. The van der Waals surface area contributed by atoms with Gasteiger partial charge < -0.3 is 4.90 Å². The normalized spacial score (nSPS) is 36.6. The minimum absolute atomic E-state index is 0.416. The predicted octanol–water partition coefficient (Wildman–Crippen LogP) is 1.30. The summed E-state index contributed by atoms with van der Waals surface area (Å²) in [6.45, 7) is 3.46. The molecule has 3 nitrogen and oxygen atoms in total. The van der Waals surface area contributed by atoms with E-state index in [-0.39, 0.29) is 0 Å². The molecule has 0 aromatic heterocycles. The Labute approximate surface area is 98.1 Å². The average molecular weight is 243 g/mol. The van der Waals surface area contributed by atoms with Gasteiger partial charge in [-0.25, -0.2) is 8.42 Å². The van der Waals surface area contributed by atoms with Gasteiger partial charge in [0.1, 0.15) is 0 Å². The van der Waals surface area contributed by atoms with Crippen molar-refractivity contribution in [1.29, 1.82) is 0 Å². The Kier molecular flexibility index (Phi) is 2.55. The number of sulfone groups is 1. The third-order valence-corrected chi connectivity index (χ3v) is 6.38. The van der Waals surface area contributed by atoms with Crippen molar-refractivity contribution in [2.24, 2.45) is 11.3 Å². The molecule has 0 N–H and O–H groups in total. The van der Waals surface area contributed by atoms with Gasteiger partial charge in [-0.2, -0.15) is 0 Å². The van der Waals surface area contributed by atoms with Crippen LogP contribution in [0.15, 0.2) is 0 Å². The smallest absolute Gasteiger partial charge is 0.150 e. The first-order valence-electron chi connectivity index (χ1n) is 6.50. The lowest BCUT2D eigenvalue weighted by molar-refractivity contribution is 0.144. The van der Waals surface area contributed by atoms with Gasteiger partial charge in [-0.1, -0.05) is 0 Å². The van der Waals surface area contributed by atoms with E-state index in [4.69, 9.17) is 0 Å². The van der Waals surface area contributed by atoms with Crippen molar-refractivity contribution in [3.05, 3.63) is 0 Å². The van der Waals surface area contributed by atoms with Crippen molar-refractivity contribution in [3.63, 3.8) is 0 Å². The lowest BCUT2D eigenvalue weighted by Gasteiger charge is -2.34. The molecule has 3 rings (SSSR count). The molecule has 0 amide bonds. The summed E-state index contributed by atoms with van der Waals surface area (Å²) in [6, 6.07) is 0. The summed E-state index contributed by atoms with van der Waals surface area (Å²) in [7, 11) is -2.69. The van der Waals surface area contributed by atoms with Crippen LogP contribution in [0.2, 0.25) is 0 Å². The van der Waals surface area contributed by atoms with E-state index in [1.54, 1.807) is 0 Å². The Morgan fingerprint density at radius 2 is 2.06 bits per heavy atom. The number of hydrogen-bond donors (Lipinski definition) is 0. The van der Waals surface area contributed by atoms with Crippen molar-refractivity contribution >= 4 is 9.84 Å². The zero-order valence-corrected chi connectivity index (χ0v) is 10.6. The van der Waals surface area contributed by atoms with Gasteiger partial charge in [-0.05, 0) is 50.0 Å². The molecule has 16 heavy (non-hydrogen) atoms. The maximum absolute atomic E-state index is 11.4. The van der Waals surface area contributed by atoms with Crippen molar-refractivity contribution in [2.45, 2.75) is 32.1 Å². The van der Waals surface area contributed by atoms with Crippen LogP contribution in [-0.2, 0) is 9.84 Å². The molecule has 1 atom stereocenters. The minimum atomic E-state index is -2.69. The van der Waals surface area contributed by atoms with Crippen LogP contribution in [0.3, 0.4) is 0 Å². The number of likely N-dealkylation sites (tertiary alicyclic amines) is 1. The fraction of sp³-hybridized carbons (Fsp3) is 1.00. The fourth-order valence-electron chi connectivity index (χ4n) is 3.43. The summed E-state index contributed by atoms with van der Waals surface area (Å²) in [5.41, 5.74) is 0.662. The molecule has 0 radical (unpaired) electrons. The number of piperidine rings is 1. The molecular weight excluding hydrogens is 222 g/mol. The molecule has 1 unspecified atom stereocenters. The fourth-order valence-corrected chi connectivity index (χ4v) is 5.28. The standard InChI is InChI=1S/C12H21NO2S/c14-16(15)7-2-11(9-16)8-13-6-1-3-12(10-13)4-5-12/h11H,1-10H2. The molecule has 3 aliphatic rings. The minimum Gasteiger partial charge on any atom is -0.302 e. The third-order valence-electron chi connectivity index (χ3n) is 4.54. The molecule has 1 spiro atoms. The van der Waals surface area contributed by atoms with Gasteiger partial charge >= 0.3 is 0 Å². The van der Waals surface area contributed by atoms with Gasteiger partial charge in [-0.3, -0.25) is 0 Å². The quantitative estimate of drug-likeness (QED) is 0.733. The highest BCUT2D eigenvalue weighted by Gasteiger charge is 2.45. The van der Waals surface area contributed by atoms with E-state index in [2.05, 4.69) is 4.90 Å². The Morgan fingerprint density at radius 3 is 2.69 bits per heavy atom. The highest BCUT2D eigenvalue weighted by atomic mass is 32.2. The third kappa shape index (κ3) is 2.28. The Bertz CT molecular complexity index is 372. The van der Waals surface area contributed by atoms with Crippen molar-refractivity contribution in [2.75, 3.05) is 31.1 Å². The van der Waals surface area contributed by atoms with Crippen LogP contribution in [0.1, 0.15) is 32.1 Å². The Balaban J connectivity index is 1.55. The van der Waals surface area contributed by atoms with Crippen molar-refractivity contribution in [1.82, 2.24) is 4.90 Å².